The zero-order chi connectivity index (χ0) is 16.9. The van der Waals surface area contributed by atoms with E-state index in [1.165, 1.54) is 0 Å². The Hall–Kier alpha value is -2.24. The first kappa shape index (κ1) is 16.6. The third-order valence-corrected chi connectivity index (χ3v) is 4.27. The predicted molar refractivity (Wildman–Crippen MR) is 92.2 cm³/mol. The highest BCUT2D eigenvalue weighted by Crippen LogP contribution is 2.28. The van der Waals surface area contributed by atoms with Gasteiger partial charge < -0.3 is 20.1 Å². The molecule has 2 aromatic carbocycles. The normalized spacial score (nSPS) is 16.2. The van der Waals surface area contributed by atoms with Gasteiger partial charge in [-0.05, 0) is 17.2 Å². The van der Waals surface area contributed by atoms with Crippen LogP contribution in [0, 0.1) is 0 Å². The molecule has 2 N–H and O–H groups in total. The summed E-state index contributed by atoms with van der Waals surface area (Å²) in [4.78, 5) is 12.2. The number of carbonyl (C=O) groups excluding carboxylic acids is 1. The van der Waals surface area contributed by atoms with E-state index in [2.05, 4.69) is 10.6 Å². The van der Waals surface area contributed by atoms with Crippen LogP contribution in [0.15, 0.2) is 42.5 Å². The fraction of sp³-hybridized carbons (Fsp3) is 0.278. The fourth-order valence-electron chi connectivity index (χ4n) is 2.81. The quantitative estimate of drug-likeness (QED) is 0.891. The zero-order valence-corrected chi connectivity index (χ0v) is 14.1. The van der Waals surface area contributed by atoms with Crippen LogP contribution in [-0.2, 0) is 17.9 Å². The Morgan fingerprint density at radius 1 is 1.29 bits per heavy atom. The fourth-order valence-corrected chi connectivity index (χ4v) is 3.08. The Morgan fingerprint density at radius 3 is 2.96 bits per heavy atom. The van der Waals surface area contributed by atoms with E-state index in [1.807, 2.05) is 36.4 Å². The van der Waals surface area contributed by atoms with E-state index in [9.17, 15) is 4.79 Å². The Balaban J connectivity index is 1.62. The van der Waals surface area contributed by atoms with Gasteiger partial charge in [-0.25, -0.2) is 4.79 Å². The second-order valence-electron chi connectivity index (χ2n) is 5.53. The number of carbonyl (C=O) groups is 1. The molecule has 0 saturated carbocycles. The van der Waals surface area contributed by atoms with Gasteiger partial charge in [-0.2, -0.15) is 0 Å². The maximum atomic E-state index is 12.2. The minimum Gasteiger partial charge on any atom is -0.495 e. The van der Waals surface area contributed by atoms with Crippen LogP contribution in [0.5, 0.6) is 5.75 Å². The first-order valence-corrected chi connectivity index (χ1v) is 8.08. The van der Waals surface area contributed by atoms with Crippen molar-refractivity contribution in [3.63, 3.8) is 0 Å². The number of para-hydroxylation sites is 1. The topological polar surface area (TPSA) is 59.6 Å². The number of ether oxygens (including phenoxy) is 2. The number of nitrogens with one attached hydrogen (secondary N) is 2. The number of urea groups is 1. The molecule has 0 aliphatic carbocycles. The van der Waals surface area contributed by atoms with Gasteiger partial charge in [0.2, 0.25) is 0 Å². The Labute approximate surface area is 145 Å². The predicted octanol–water partition coefficient (Wildman–Crippen LogP) is 3.42. The summed E-state index contributed by atoms with van der Waals surface area (Å²) in [5, 5.41) is 6.30. The Bertz CT molecular complexity index is 736. The lowest BCUT2D eigenvalue weighted by Crippen LogP contribution is -2.40. The molecule has 1 atom stereocenters. The van der Waals surface area contributed by atoms with Crippen molar-refractivity contribution in [1.29, 1.82) is 0 Å². The molecular formula is C18H19ClN2O3. The van der Waals surface area contributed by atoms with Gasteiger partial charge in [0, 0.05) is 12.1 Å². The molecule has 6 heteroatoms. The van der Waals surface area contributed by atoms with Crippen molar-refractivity contribution in [1.82, 2.24) is 10.6 Å². The molecule has 0 bridgehead atoms. The molecular weight excluding hydrogens is 328 g/mol. The summed E-state index contributed by atoms with van der Waals surface area (Å²) in [6.45, 7) is 1.37. The second-order valence-corrected chi connectivity index (χ2v) is 5.93. The molecule has 3 rings (SSSR count). The van der Waals surface area contributed by atoms with Gasteiger partial charge in [-0.1, -0.05) is 48.0 Å². The highest BCUT2D eigenvalue weighted by molar-refractivity contribution is 6.32. The van der Waals surface area contributed by atoms with Gasteiger partial charge in [-0.15, -0.1) is 0 Å². The third kappa shape index (κ3) is 3.63. The molecule has 0 fully saturated rings. The summed E-state index contributed by atoms with van der Waals surface area (Å²) >= 11 is 6.09. The summed E-state index contributed by atoms with van der Waals surface area (Å²) < 4.78 is 10.8. The standard InChI is InChI=1S/C18H19ClN2O3/c1-23-17-12(6-4-8-15(17)19)9-20-18(22)21-16-11-24-10-13-5-2-3-7-14(13)16/h2-8,16H,9-11H2,1H3,(H2,20,21,22). The van der Waals surface area contributed by atoms with Crippen molar-refractivity contribution in [2.45, 2.75) is 19.2 Å². The Morgan fingerprint density at radius 2 is 2.12 bits per heavy atom. The highest BCUT2D eigenvalue weighted by atomic mass is 35.5. The van der Waals surface area contributed by atoms with E-state index in [0.717, 1.165) is 16.7 Å². The number of fused-ring (bicyclic) bond motifs is 1. The monoisotopic (exact) mass is 346 g/mol. The number of rotatable bonds is 4. The van der Waals surface area contributed by atoms with Crippen LogP contribution >= 0.6 is 11.6 Å². The minimum absolute atomic E-state index is 0.156. The van der Waals surface area contributed by atoms with E-state index < -0.39 is 0 Å². The van der Waals surface area contributed by atoms with Gasteiger partial charge >= 0.3 is 6.03 Å². The van der Waals surface area contributed by atoms with Crippen molar-refractivity contribution < 1.29 is 14.3 Å². The van der Waals surface area contributed by atoms with Crippen molar-refractivity contribution in [3.8, 4) is 5.75 Å². The number of benzene rings is 2. The zero-order valence-electron chi connectivity index (χ0n) is 13.3. The van der Waals surface area contributed by atoms with E-state index in [4.69, 9.17) is 21.1 Å². The van der Waals surface area contributed by atoms with E-state index in [0.29, 0.717) is 30.5 Å². The van der Waals surface area contributed by atoms with E-state index >= 15 is 0 Å². The van der Waals surface area contributed by atoms with Crippen LogP contribution in [0.4, 0.5) is 4.79 Å². The first-order valence-electron chi connectivity index (χ1n) is 7.70. The first-order chi connectivity index (χ1) is 11.7. The molecule has 5 nitrogen and oxygen atoms in total. The smallest absolute Gasteiger partial charge is 0.315 e. The molecule has 0 aromatic heterocycles. The van der Waals surface area contributed by atoms with E-state index in [-0.39, 0.29) is 12.1 Å². The van der Waals surface area contributed by atoms with Gasteiger partial charge in [0.25, 0.3) is 0 Å². The van der Waals surface area contributed by atoms with Gasteiger partial charge in [0.05, 0.1) is 31.4 Å². The number of halogens is 1. The van der Waals surface area contributed by atoms with Crippen LogP contribution < -0.4 is 15.4 Å². The van der Waals surface area contributed by atoms with Gasteiger partial charge in [-0.3, -0.25) is 0 Å². The summed E-state index contributed by atoms with van der Waals surface area (Å²) in [5.74, 6) is 0.575. The maximum absolute atomic E-state index is 12.2. The van der Waals surface area contributed by atoms with Crippen LogP contribution in [-0.4, -0.2) is 19.7 Å². The largest absolute Gasteiger partial charge is 0.495 e. The Kier molecular flexibility index (Phi) is 5.23. The molecule has 1 unspecified atom stereocenters. The van der Waals surface area contributed by atoms with E-state index in [1.54, 1.807) is 13.2 Å². The number of amides is 2. The third-order valence-electron chi connectivity index (χ3n) is 3.97. The highest BCUT2D eigenvalue weighted by Gasteiger charge is 2.22. The van der Waals surface area contributed by atoms with Crippen LogP contribution in [0.25, 0.3) is 0 Å². The molecule has 0 spiro atoms. The van der Waals surface area contributed by atoms with Gasteiger partial charge in [0.15, 0.2) is 0 Å². The summed E-state index contributed by atoms with van der Waals surface area (Å²) in [6, 6.07) is 13.0. The van der Waals surface area contributed by atoms with Crippen molar-refractivity contribution in [2.24, 2.45) is 0 Å². The van der Waals surface area contributed by atoms with Crippen LogP contribution in [0.1, 0.15) is 22.7 Å². The number of hydrogen-bond acceptors (Lipinski definition) is 3. The lowest BCUT2D eigenvalue weighted by molar-refractivity contribution is 0.0843. The van der Waals surface area contributed by atoms with Crippen molar-refractivity contribution in [3.05, 3.63) is 64.2 Å². The molecule has 2 amide bonds. The average molecular weight is 347 g/mol. The molecule has 0 saturated heterocycles. The number of hydrogen-bond donors (Lipinski definition) is 2. The maximum Gasteiger partial charge on any atom is 0.315 e. The van der Waals surface area contributed by atoms with Crippen molar-refractivity contribution in [2.75, 3.05) is 13.7 Å². The summed E-state index contributed by atoms with van der Waals surface area (Å²) in [7, 11) is 1.56. The minimum atomic E-state index is -0.262. The van der Waals surface area contributed by atoms with Crippen molar-refractivity contribution >= 4 is 17.6 Å². The second kappa shape index (κ2) is 7.55. The summed E-state index contributed by atoms with van der Waals surface area (Å²) in [6.07, 6.45) is 0. The molecule has 24 heavy (non-hydrogen) atoms. The molecule has 0 radical (unpaired) electrons. The lowest BCUT2D eigenvalue weighted by atomic mass is 9.99. The van der Waals surface area contributed by atoms with Gasteiger partial charge in [0.1, 0.15) is 5.75 Å². The summed E-state index contributed by atoms with van der Waals surface area (Å²) in [5.41, 5.74) is 3.02. The SMILES string of the molecule is COc1c(Cl)cccc1CNC(=O)NC1COCc2ccccc21. The lowest BCUT2D eigenvalue weighted by Gasteiger charge is -2.26. The molecule has 126 valence electrons. The molecule has 1 heterocycles. The average Bonchev–Trinajstić information content (AvgIpc) is 2.60. The van der Waals surface area contributed by atoms with Crippen LogP contribution in [0.3, 0.4) is 0 Å². The molecule has 2 aromatic rings. The molecule has 1 aliphatic heterocycles. The van der Waals surface area contributed by atoms with Crippen LogP contribution in [0.2, 0.25) is 5.02 Å². The molecule has 1 aliphatic rings. The number of methoxy groups -OCH3 is 1.